The first-order valence-corrected chi connectivity index (χ1v) is 5.32. The lowest BCUT2D eigenvalue weighted by molar-refractivity contribution is 0.374. The van der Waals surface area contributed by atoms with E-state index in [2.05, 4.69) is 16.4 Å². The molecule has 1 aliphatic heterocycles. The largest absolute Gasteiger partial charge is 0.317 e. The molecule has 0 amide bonds. The SMILES string of the molecule is Cc1ccc(C2(C#N)CCNCC2)nc1. The van der Waals surface area contributed by atoms with Gasteiger partial charge in [-0.05, 0) is 44.5 Å². The molecule has 3 nitrogen and oxygen atoms in total. The molecular weight excluding hydrogens is 186 g/mol. The number of hydrogen-bond acceptors (Lipinski definition) is 3. The summed E-state index contributed by atoms with van der Waals surface area (Å²) in [7, 11) is 0. The van der Waals surface area contributed by atoms with Gasteiger partial charge in [0.1, 0.15) is 5.41 Å². The van der Waals surface area contributed by atoms with Crippen LogP contribution in [-0.4, -0.2) is 18.1 Å². The maximum Gasteiger partial charge on any atom is 0.102 e. The molecule has 0 saturated carbocycles. The molecular formula is C12H15N3. The molecule has 1 fully saturated rings. The monoisotopic (exact) mass is 201 g/mol. The molecule has 0 radical (unpaired) electrons. The van der Waals surface area contributed by atoms with Crippen LogP contribution in [0.5, 0.6) is 0 Å². The second-order valence-corrected chi connectivity index (χ2v) is 4.16. The molecule has 15 heavy (non-hydrogen) atoms. The Bertz CT molecular complexity index is 369. The predicted octanol–water partition coefficient (Wildman–Crippen LogP) is 1.53. The summed E-state index contributed by atoms with van der Waals surface area (Å²) >= 11 is 0. The van der Waals surface area contributed by atoms with Crippen molar-refractivity contribution >= 4 is 0 Å². The number of aromatic nitrogens is 1. The average Bonchev–Trinajstić information content (AvgIpc) is 2.31. The number of nitriles is 1. The van der Waals surface area contributed by atoms with Crippen molar-refractivity contribution < 1.29 is 0 Å². The molecule has 1 aromatic rings. The molecule has 2 heterocycles. The lowest BCUT2D eigenvalue weighted by Crippen LogP contribution is -2.39. The van der Waals surface area contributed by atoms with E-state index in [1.54, 1.807) is 0 Å². The number of nitrogens with zero attached hydrogens (tertiary/aromatic N) is 2. The van der Waals surface area contributed by atoms with Crippen molar-refractivity contribution in [2.24, 2.45) is 0 Å². The van der Waals surface area contributed by atoms with Gasteiger partial charge in [-0.15, -0.1) is 0 Å². The topological polar surface area (TPSA) is 48.7 Å². The van der Waals surface area contributed by atoms with Gasteiger partial charge in [0.15, 0.2) is 0 Å². The Balaban J connectivity index is 2.33. The summed E-state index contributed by atoms with van der Waals surface area (Å²) in [6.45, 7) is 3.82. The van der Waals surface area contributed by atoms with Gasteiger partial charge in [0.2, 0.25) is 0 Å². The lowest BCUT2D eigenvalue weighted by atomic mass is 9.77. The third kappa shape index (κ3) is 1.86. The van der Waals surface area contributed by atoms with Crippen molar-refractivity contribution in [1.82, 2.24) is 10.3 Å². The number of aryl methyl sites for hydroxylation is 1. The summed E-state index contributed by atoms with van der Waals surface area (Å²) < 4.78 is 0. The molecule has 0 atom stereocenters. The third-order valence-corrected chi connectivity index (χ3v) is 3.07. The first kappa shape index (κ1) is 10.1. The van der Waals surface area contributed by atoms with E-state index < -0.39 is 0 Å². The van der Waals surface area contributed by atoms with Crippen LogP contribution < -0.4 is 5.32 Å². The van der Waals surface area contributed by atoms with Gasteiger partial charge in [0.25, 0.3) is 0 Å². The number of nitrogens with one attached hydrogen (secondary N) is 1. The molecule has 3 heteroatoms. The van der Waals surface area contributed by atoms with Crippen molar-refractivity contribution in [3.8, 4) is 6.07 Å². The van der Waals surface area contributed by atoms with E-state index in [1.165, 1.54) is 0 Å². The Labute approximate surface area is 90.1 Å². The van der Waals surface area contributed by atoms with Gasteiger partial charge >= 0.3 is 0 Å². The van der Waals surface area contributed by atoms with Crippen molar-refractivity contribution in [3.05, 3.63) is 29.6 Å². The van der Waals surface area contributed by atoms with Crippen LogP contribution in [-0.2, 0) is 5.41 Å². The average molecular weight is 201 g/mol. The van der Waals surface area contributed by atoms with Crippen LogP contribution in [0.3, 0.4) is 0 Å². The fraction of sp³-hybridized carbons (Fsp3) is 0.500. The molecule has 0 spiro atoms. The van der Waals surface area contributed by atoms with Crippen LogP contribution >= 0.6 is 0 Å². The van der Waals surface area contributed by atoms with Gasteiger partial charge in [-0.1, -0.05) is 6.07 Å². The fourth-order valence-electron chi connectivity index (χ4n) is 2.03. The minimum Gasteiger partial charge on any atom is -0.317 e. The van der Waals surface area contributed by atoms with Gasteiger partial charge < -0.3 is 5.32 Å². The highest BCUT2D eigenvalue weighted by atomic mass is 14.9. The van der Waals surface area contributed by atoms with Gasteiger partial charge in [-0.3, -0.25) is 4.98 Å². The van der Waals surface area contributed by atoms with E-state index in [-0.39, 0.29) is 5.41 Å². The molecule has 2 rings (SSSR count). The van der Waals surface area contributed by atoms with Crippen LogP contribution in [0.15, 0.2) is 18.3 Å². The summed E-state index contributed by atoms with van der Waals surface area (Å²) in [6, 6.07) is 6.47. The summed E-state index contributed by atoms with van der Waals surface area (Å²) in [5.41, 5.74) is 1.71. The van der Waals surface area contributed by atoms with Crippen molar-refractivity contribution in [3.63, 3.8) is 0 Å². The van der Waals surface area contributed by atoms with Crippen LogP contribution in [0.2, 0.25) is 0 Å². The van der Waals surface area contributed by atoms with E-state index >= 15 is 0 Å². The number of piperidine rings is 1. The minimum atomic E-state index is -0.362. The highest BCUT2D eigenvalue weighted by Gasteiger charge is 2.35. The highest BCUT2D eigenvalue weighted by Crippen LogP contribution is 2.31. The van der Waals surface area contributed by atoms with Crippen LogP contribution in [0.25, 0.3) is 0 Å². The number of hydrogen-bond donors (Lipinski definition) is 1. The molecule has 0 aromatic carbocycles. The minimum absolute atomic E-state index is 0.362. The Hall–Kier alpha value is -1.40. The van der Waals surface area contributed by atoms with E-state index in [0.717, 1.165) is 37.2 Å². The Morgan fingerprint density at radius 1 is 1.40 bits per heavy atom. The molecule has 1 aliphatic rings. The second kappa shape index (κ2) is 4.00. The maximum atomic E-state index is 9.35. The summed E-state index contributed by atoms with van der Waals surface area (Å²) in [5.74, 6) is 0. The van der Waals surface area contributed by atoms with Crippen LogP contribution in [0.1, 0.15) is 24.1 Å². The lowest BCUT2D eigenvalue weighted by Gasteiger charge is -2.30. The van der Waals surface area contributed by atoms with Gasteiger partial charge in [0, 0.05) is 6.20 Å². The molecule has 1 saturated heterocycles. The molecule has 78 valence electrons. The van der Waals surface area contributed by atoms with Gasteiger partial charge in [-0.2, -0.15) is 5.26 Å². The molecule has 1 aromatic heterocycles. The summed E-state index contributed by atoms with van der Waals surface area (Å²) in [4.78, 5) is 4.39. The Kier molecular flexibility index (Phi) is 2.70. The Morgan fingerprint density at radius 3 is 2.67 bits per heavy atom. The normalized spacial score (nSPS) is 19.5. The summed E-state index contributed by atoms with van der Waals surface area (Å²) in [6.07, 6.45) is 3.57. The Morgan fingerprint density at radius 2 is 2.13 bits per heavy atom. The van der Waals surface area contributed by atoms with Crippen LogP contribution in [0.4, 0.5) is 0 Å². The first-order valence-electron chi connectivity index (χ1n) is 5.32. The van der Waals surface area contributed by atoms with E-state index in [9.17, 15) is 5.26 Å². The van der Waals surface area contributed by atoms with Crippen molar-refractivity contribution in [2.45, 2.75) is 25.2 Å². The zero-order valence-electron chi connectivity index (χ0n) is 8.95. The molecule has 1 N–H and O–H groups in total. The first-order chi connectivity index (χ1) is 7.27. The predicted molar refractivity (Wildman–Crippen MR) is 58.4 cm³/mol. The molecule has 0 unspecified atom stereocenters. The van der Waals surface area contributed by atoms with Crippen LogP contribution in [0, 0.1) is 18.3 Å². The fourth-order valence-corrected chi connectivity index (χ4v) is 2.03. The molecule has 0 bridgehead atoms. The zero-order chi connectivity index (χ0) is 10.7. The van der Waals surface area contributed by atoms with Crippen molar-refractivity contribution in [2.75, 3.05) is 13.1 Å². The van der Waals surface area contributed by atoms with Gasteiger partial charge in [-0.25, -0.2) is 0 Å². The quantitative estimate of drug-likeness (QED) is 0.749. The summed E-state index contributed by atoms with van der Waals surface area (Å²) in [5, 5.41) is 12.6. The molecule has 0 aliphatic carbocycles. The second-order valence-electron chi connectivity index (χ2n) is 4.16. The smallest absolute Gasteiger partial charge is 0.102 e. The van der Waals surface area contributed by atoms with E-state index in [1.807, 2.05) is 25.3 Å². The van der Waals surface area contributed by atoms with E-state index in [0.29, 0.717) is 0 Å². The zero-order valence-corrected chi connectivity index (χ0v) is 8.95. The standard InChI is InChI=1S/C12H15N3/c1-10-2-3-11(15-8-10)12(9-13)4-6-14-7-5-12/h2-3,8,14H,4-7H2,1H3. The number of rotatable bonds is 1. The highest BCUT2D eigenvalue weighted by molar-refractivity contribution is 5.28. The maximum absolute atomic E-state index is 9.35. The van der Waals surface area contributed by atoms with E-state index in [4.69, 9.17) is 0 Å². The number of pyridine rings is 1. The van der Waals surface area contributed by atoms with Crippen molar-refractivity contribution in [1.29, 1.82) is 5.26 Å². The third-order valence-electron chi connectivity index (χ3n) is 3.07. The van der Waals surface area contributed by atoms with Gasteiger partial charge in [0.05, 0.1) is 11.8 Å².